The Kier molecular flexibility index (Phi) is 4.55. The third-order valence-corrected chi connectivity index (χ3v) is 2.92. The Morgan fingerprint density at radius 3 is 2.45 bits per heavy atom. The van der Waals surface area contributed by atoms with Crippen molar-refractivity contribution in [1.29, 1.82) is 0 Å². The molecule has 0 unspecified atom stereocenters. The molecule has 0 spiro atoms. The molecule has 1 amide bonds. The van der Waals surface area contributed by atoms with Crippen LogP contribution in [-0.2, 0) is 6.42 Å². The number of pyridine rings is 1. The van der Waals surface area contributed by atoms with E-state index in [0.717, 1.165) is 17.7 Å². The average Bonchev–Trinajstić information content (AvgIpc) is 2.48. The molecular weight excluding hydrogens is 256 g/mol. The molecule has 0 fully saturated rings. The van der Waals surface area contributed by atoms with Gasteiger partial charge in [-0.2, -0.15) is 4.73 Å². The third-order valence-electron chi connectivity index (χ3n) is 2.92. The van der Waals surface area contributed by atoms with Crippen LogP contribution in [0, 0.1) is 5.21 Å². The van der Waals surface area contributed by atoms with Crippen molar-refractivity contribution in [2.45, 2.75) is 6.42 Å². The van der Waals surface area contributed by atoms with Crippen LogP contribution in [0.15, 0.2) is 48.8 Å². The number of nitrogens with one attached hydrogen (secondary N) is 1. The van der Waals surface area contributed by atoms with Crippen LogP contribution in [0.5, 0.6) is 5.75 Å². The van der Waals surface area contributed by atoms with Gasteiger partial charge in [-0.15, -0.1) is 0 Å². The first-order chi connectivity index (χ1) is 9.69. The fourth-order valence-corrected chi connectivity index (χ4v) is 1.78. The van der Waals surface area contributed by atoms with E-state index >= 15 is 0 Å². The Bertz CT molecular complexity index is 565. The summed E-state index contributed by atoms with van der Waals surface area (Å²) < 4.78 is 5.73. The number of aromatic nitrogens is 1. The monoisotopic (exact) mass is 272 g/mol. The molecule has 5 heteroatoms. The lowest BCUT2D eigenvalue weighted by Crippen LogP contribution is -2.28. The summed E-state index contributed by atoms with van der Waals surface area (Å²) in [4.78, 5) is 11.8. The summed E-state index contributed by atoms with van der Waals surface area (Å²) in [5, 5.41) is 13.7. The van der Waals surface area contributed by atoms with Crippen molar-refractivity contribution in [1.82, 2.24) is 5.32 Å². The normalized spacial score (nSPS) is 10.1. The zero-order valence-electron chi connectivity index (χ0n) is 11.2. The predicted octanol–water partition coefficient (Wildman–Crippen LogP) is 1.30. The summed E-state index contributed by atoms with van der Waals surface area (Å²) >= 11 is 0. The summed E-state index contributed by atoms with van der Waals surface area (Å²) in [6, 6.07) is 10.7. The summed E-state index contributed by atoms with van der Waals surface area (Å²) in [6.07, 6.45) is 3.35. The largest absolute Gasteiger partial charge is 0.619 e. The number of benzene rings is 1. The number of carbonyl (C=O) groups excluding carboxylic acids is 1. The zero-order chi connectivity index (χ0) is 14.4. The van der Waals surface area contributed by atoms with Gasteiger partial charge in [-0.25, -0.2) is 0 Å². The SMILES string of the molecule is COc1ccc(CCNC(=O)c2cc[n+]([O-])cc2)cc1. The summed E-state index contributed by atoms with van der Waals surface area (Å²) in [5.41, 5.74) is 1.60. The van der Waals surface area contributed by atoms with Gasteiger partial charge in [0.25, 0.3) is 5.91 Å². The number of amides is 1. The molecular formula is C15H16N2O3. The lowest BCUT2D eigenvalue weighted by Gasteiger charge is -2.06. The lowest BCUT2D eigenvalue weighted by atomic mass is 10.1. The van der Waals surface area contributed by atoms with Crippen molar-refractivity contribution in [3.05, 3.63) is 65.1 Å². The van der Waals surface area contributed by atoms with Gasteiger partial charge in [0.05, 0.1) is 12.7 Å². The number of carbonyl (C=O) groups is 1. The highest BCUT2D eigenvalue weighted by molar-refractivity contribution is 5.93. The van der Waals surface area contributed by atoms with Gasteiger partial charge in [0.1, 0.15) is 5.75 Å². The smallest absolute Gasteiger partial charge is 0.251 e. The Morgan fingerprint density at radius 2 is 1.85 bits per heavy atom. The van der Waals surface area contributed by atoms with Crippen molar-refractivity contribution < 1.29 is 14.3 Å². The molecule has 2 rings (SSSR count). The minimum absolute atomic E-state index is 0.181. The van der Waals surface area contributed by atoms with Crippen molar-refractivity contribution in [2.24, 2.45) is 0 Å². The van der Waals surface area contributed by atoms with E-state index in [9.17, 15) is 10.0 Å². The highest BCUT2D eigenvalue weighted by Gasteiger charge is 2.05. The number of methoxy groups -OCH3 is 1. The van der Waals surface area contributed by atoms with Gasteiger partial charge in [-0.05, 0) is 24.1 Å². The molecule has 1 aromatic heterocycles. The van der Waals surface area contributed by atoms with Crippen molar-refractivity contribution in [3.63, 3.8) is 0 Å². The summed E-state index contributed by atoms with van der Waals surface area (Å²) in [6.45, 7) is 0.539. The molecule has 5 nitrogen and oxygen atoms in total. The van der Waals surface area contributed by atoms with E-state index in [1.165, 1.54) is 24.5 Å². The Morgan fingerprint density at radius 1 is 1.20 bits per heavy atom. The van der Waals surface area contributed by atoms with Crippen molar-refractivity contribution >= 4 is 5.91 Å². The third kappa shape index (κ3) is 3.71. The van der Waals surface area contributed by atoms with Crippen LogP contribution in [0.3, 0.4) is 0 Å². The fourth-order valence-electron chi connectivity index (χ4n) is 1.78. The molecule has 1 aromatic carbocycles. The second kappa shape index (κ2) is 6.56. The predicted molar refractivity (Wildman–Crippen MR) is 74.4 cm³/mol. The standard InChI is InChI=1S/C15H16N2O3/c1-20-14-4-2-12(3-5-14)6-9-16-15(18)13-7-10-17(19)11-8-13/h2-5,7-8,10-11H,6,9H2,1H3,(H,16,18). The van der Waals surface area contributed by atoms with Gasteiger partial charge in [0.15, 0.2) is 12.4 Å². The number of nitrogens with zero attached hydrogens (tertiary/aromatic N) is 1. The lowest BCUT2D eigenvalue weighted by molar-refractivity contribution is -0.605. The minimum atomic E-state index is -0.181. The molecule has 0 saturated carbocycles. The fraction of sp³-hybridized carbons (Fsp3) is 0.200. The Hall–Kier alpha value is -2.56. The quantitative estimate of drug-likeness (QED) is 0.659. The zero-order valence-corrected chi connectivity index (χ0v) is 11.2. The van der Waals surface area contributed by atoms with Gasteiger partial charge in [0.2, 0.25) is 0 Å². The summed E-state index contributed by atoms with van der Waals surface area (Å²) in [5.74, 6) is 0.632. The van der Waals surface area contributed by atoms with Gasteiger partial charge in [-0.3, -0.25) is 4.79 Å². The molecule has 0 aliphatic carbocycles. The molecule has 104 valence electrons. The van der Waals surface area contributed by atoms with Gasteiger partial charge < -0.3 is 15.3 Å². The van der Waals surface area contributed by atoms with E-state index in [4.69, 9.17) is 4.74 Å². The van der Waals surface area contributed by atoms with E-state index in [1.54, 1.807) is 7.11 Å². The van der Waals surface area contributed by atoms with Crippen LogP contribution in [0.25, 0.3) is 0 Å². The first-order valence-electron chi connectivity index (χ1n) is 6.29. The summed E-state index contributed by atoms with van der Waals surface area (Å²) in [7, 11) is 1.63. The highest BCUT2D eigenvalue weighted by atomic mass is 16.5. The van der Waals surface area contributed by atoms with Crippen LogP contribution in [0.2, 0.25) is 0 Å². The molecule has 0 aliphatic rings. The number of rotatable bonds is 5. The van der Waals surface area contributed by atoms with Crippen molar-refractivity contribution in [2.75, 3.05) is 13.7 Å². The maximum Gasteiger partial charge on any atom is 0.251 e. The second-order valence-corrected chi connectivity index (χ2v) is 4.30. The number of hydrogen-bond acceptors (Lipinski definition) is 3. The van der Waals surface area contributed by atoms with E-state index in [-0.39, 0.29) is 5.91 Å². The van der Waals surface area contributed by atoms with Gasteiger partial charge in [-0.1, -0.05) is 12.1 Å². The van der Waals surface area contributed by atoms with E-state index in [2.05, 4.69) is 5.32 Å². The highest BCUT2D eigenvalue weighted by Crippen LogP contribution is 2.11. The van der Waals surface area contributed by atoms with E-state index in [1.807, 2.05) is 24.3 Å². The number of ether oxygens (including phenoxy) is 1. The number of hydrogen-bond donors (Lipinski definition) is 1. The van der Waals surface area contributed by atoms with Gasteiger partial charge >= 0.3 is 0 Å². The van der Waals surface area contributed by atoms with Gasteiger partial charge in [0, 0.05) is 18.7 Å². The molecule has 0 bridgehead atoms. The molecule has 2 aromatic rings. The van der Waals surface area contributed by atoms with Crippen LogP contribution in [0.4, 0.5) is 0 Å². The van der Waals surface area contributed by atoms with Crippen LogP contribution >= 0.6 is 0 Å². The van der Waals surface area contributed by atoms with Crippen LogP contribution in [-0.4, -0.2) is 19.6 Å². The van der Waals surface area contributed by atoms with Crippen LogP contribution in [0.1, 0.15) is 15.9 Å². The molecule has 0 atom stereocenters. The second-order valence-electron chi connectivity index (χ2n) is 4.30. The molecule has 20 heavy (non-hydrogen) atoms. The molecule has 0 radical (unpaired) electrons. The molecule has 1 N–H and O–H groups in total. The maximum atomic E-state index is 11.8. The van der Waals surface area contributed by atoms with E-state index in [0.29, 0.717) is 16.8 Å². The first kappa shape index (κ1) is 13.9. The maximum absolute atomic E-state index is 11.8. The average molecular weight is 272 g/mol. The molecule has 1 heterocycles. The topological polar surface area (TPSA) is 65.3 Å². The first-order valence-corrected chi connectivity index (χ1v) is 6.29. The molecule has 0 saturated heterocycles. The minimum Gasteiger partial charge on any atom is -0.619 e. The van der Waals surface area contributed by atoms with Crippen LogP contribution < -0.4 is 14.8 Å². The Balaban J connectivity index is 1.82. The van der Waals surface area contributed by atoms with Crippen molar-refractivity contribution in [3.8, 4) is 5.75 Å². The molecule has 0 aliphatic heterocycles. The Labute approximate surface area is 117 Å². The van der Waals surface area contributed by atoms with E-state index < -0.39 is 0 Å².